The number of likely N-dealkylation sites (tertiary alicyclic amines) is 1. The highest BCUT2D eigenvalue weighted by molar-refractivity contribution is 5.92. The topological polar surface area (TPSA) is 79.6 Å². The van der Waals surface area contributed by atoms with Gasteiger partial charge in [-0.2, -0.15) is 5.10 Å². The first-order valence-corrected chi connectivity index (χ1v) is 11.3. The molecule has 7 heteroatoms. The van der Waals surface area contributed by atoms with E-state index in [1.807, 2.05) is 47.5 Å². The van der Waals surface area contributed by atoms with Gasteiger partial charge in [0.15, 0.2) is 5.65 Å². The molecule has 1 atom stereocenters. The number of fused-ring (bicyclic) bond motifs is 3. The summed E-state index contributed by atoms with van der Waals surface area (Å²) in [5, 5.41) is 8.84. The molecule has 2 aromatic heterocycles. The molecular formula is C24H29N5O2. The predicted molar refractivity (Wildman–Crippen MR) is 119 cm³/mol. The van der Waals surface area contributed by atoms with E-state index in [9.17, 15) is 9.59 Å². The van der Waals surface area contributed by atoms with Gasteiger partial charge >= 0.3 is 0 Å². The minimum atomic E-state index is -0.0729. The van der Waals surface area contributed by atoms with E-state index in [4.69, 9.17) is 10.1 Å². The van der Waals surface area contributed by atoms with Crippen molar-refractivity contribution in [1.29, 1.82) is 0 Å². The first-order valence-electron chi connectivity index (χ1n) is 11.3. The van der Waals surface area contributed by atoms with Gasteiger partial charge in [-0.25, -0.2) is 9.50 Å². The highest BCUT2D eigenvalue weighted by atomic mass is 16.2. The van der Waals surface area contributed by atoms with Crippen molar-refractivity contribution in [3.05, 3.63) is 41.2 Å². The summed E-state index contributed by atoms with van der Waals surface area (Å²) in [5.74, 6) is 0.164. The summed E-state index contributed by atoms with van der Waals surface area (Å²) in [6.45, 7) is 5.34. The molecule has 7 nitrogen and oxygen atoms in total. The highest BCUT2D eigenvalue weighted by Gasteiger charge is 2.31. The molecule has 2 fully saturated rings. The number of piperidine rings is 1. The summed E-state index contributed by atoms with van der Waals surface area (Å²) in [6, 6.07) is 8.38. The third-order valence-electron chi connectivity index (χ3n) is 6.68. The van der Waals surface area contributed by atoms with E-state index in [0.717, 1.165) is 65.7 Å². The Morgan fingerprint density at radius 2 is 1.97 bits per heavy atom. The lowest BCUT2D eigenvalue weighted by Gasteiger charge is -2.32. The SMILES string of the molecule is Cc1nc2c3ccccc3nn2c(C)c1CCC(=O)N1CCCC(C(=O)NC2CC2)C1. The number of rotatable bonds is 5. The molecule has 5 rings (SSSR count). The Hall–Kier alpha value is -2.96. The normalized spacial score (nSPS) is 19.2. The maximum absolute atomic E-state index is 13.0. The smallest absolute Gasteiger partial charge is 0.225 e. The number of nitrogens with zero attached hydrogens (tertiary/aromatic N) is 4. The molecule has 0 radical (unpaired) electrons. The van der Waals surface area contributed by atoms with E-state index in [-0.39, 0.29) is 17.7 Å². The predicted octanol–water partition coefficient (Wildman–Crippen LogP) is 2.95. The van der Waals surface area contributed by atoms with Crippen LogP contribution >= 0.6 is 0 Å². The summed E-state index contributed by atoms with van der Waals surface area (Å²) in [6.07, 6.45) is 4.99. The van der Waals surface area contributed by atoms with Gasteiger partial charge in [0, 0.05) is 42.3 Å². The van der Waals surface area contributed by atoms with E-state index in [0.29, 0.717) is 25.4 Å². The van der Waals surface area contributed by atoms with Crippen molar-refractivity contribution < 1.29 is 9.59 Å². The van der Waals surface area contributed by atoms with E-state index < -0.39 is 0 Å². The number of hydrogen-bond donors (Lipinski definition) is 1. The van der Waals surface area contributed by atoms with E-state index in [2.05, 4.69) is 5.32 Å². The maximum Gasteiger partial charge on any atom is 0.225 e. The maximum atomic E-state index is 13.0. The molecule has 1 saturated carbocycles. The van der Waals surface area contributed by atoms with Crippen molar-refractivity contribution in [2.45, 2.75) is 58.4 Å². The van der Waals surface area contributed by atoms with Crippen LogP contribution in [0.3, 0.4) is 0 Å². The van der Waals surface area contributed by atoms with Crippen LogP contribution in [0.2, 0.25) is 0 Å². The van der Waals surface area contributed by atoms with Crippen molar-refractivity contribution in [2.24, 2.45) is 5.92 Å². The molecule has 1 unspecified atom stereocenters. The minimum Gasteiger partial charge on any atom is -0.353 e. The number of aryl methyl sites for hydroxylation is 2. The van der Waals surface area contributed by atoms with Gasteiger partial charge in [0.25, 0.3) is 0 Å². The van der Waals surface area contributed by atoms with Crippen molar-refractivity contribution in [3.63, 3.8) is 0 Å². The molecule has 0 bridgehead atoms. The summed E-state index contributed by atoms with van der Waals surface area (Å²) >= 11 is 0. The molecule has 1 aliphatic carbocycles. The lowest BCUT2D eigenvalue weighted by atomic mass is 9.96. The molecule has 2 amide bonds. The number of amides is 2. The van der Waals surface area contributed by atoms with Crippen LogP contribution < -0.4 is 5.32 Å². The number of hydrogen-bond acceptors (Lipinski definition) is 4. The Morgan fingerprint density at radius 1 is 1.16 bits per heavy atom. The van der Waals surface area contributed by atoms with Crippen LogP contribution in [0, 0.1) is 19.8 Å². The average molecular weight is 420 g/mol. The van der Waals surface area contributed by atoms with Crippen LogP contribution in [-0.4, -0.2) is 50.4 Å². The van der Waals surface area contributed by atoms with Crippen LogP contribution in [0.1, 0.15) is 49.1 Å². The Bertz CT molecular complexity index is 1160. The Kier molecular flexibility index (Phi) is 5.12. The van der Waals surface area contributed by atoms with Crippen molar-refractivity contribution >= 4 is 28.4 Å². The largest absolute Gasteiger partial charge is 0.353 e. The van der Waals surface area contributed by atoms with Crippen LogP contribution in [0.4, 0.5) is 0 Å². The van der Waals surface area contributed by atoms with Crippen molar-refractivity contribution in [3.8, 4) is 0 Å². The second-order valence-corrected chi connectivity index (χ2v) is 8.98. The zero-order valence-corrected chi connectivity index (χ0v) is 18.2. The van der Waals surface area contributed by atoms with Crippen molar-refractivity contribution in [2.75, 3.05) is 13.1 Å². The number of aromatic nitrogens is 3. The monoisotopic (exact) mass is 419 g/mol. The van der Waals surface area contributed by atoms with Gasteiger partial charge in [0.05, 0.1) is 11.4 Å². The lowest BCUT2D eigenvalue weighted by Crippen LogP contribution is -2.46. The molecular weight excluding hydrogens is 390 g/mol. The minimum absolute atomic E-state index is 0.0729. The third-order valence-corrected chi connectivity index (χ3v) is 6.68. The van der Waals surface area contributed by atoms with Gasteiger partial charge in [-0.05, 0) is 63.6 Å². The quantitative estimate of drug-likeness (QED) is 0.690. The van der Waals surface area contributed by atoms with Gasteiger partial charge in [0.2, 0.25) is 11.8 Å². The average Bonchev–Trinajstić information content (AvgIpc) is 3.52. The van der Waals surface area contributed by atoms with Crippen LogP contribution in [0.25, 0.3) is 16.6 Å². The van der Waals surface area contributed by atoms with Gasteiger partial charge in [-0.1, -0.05) is 12.1 Å². The Labute approximate surface area is 181 Å². The molecule has 1 saturated heterocycles. The molecule has 2 aliphatic rings. The fourth-order valence-electron chi connectivity index (χ4n) is 4.69. The molecule has 3 aromatic rings. The highest BCUT2D eigenvalue weighted by Crippen LogP contribution is 2.25. The van der Waals surface area contributed by atoms with E-state index >= 15 is 0 Å². The fourth-order valence-corrected chi connectivity index (χ4v) is 4.69. The Balaban J connectivity index is 1.29. The standard InChI is InChI=1S/C24H29N5O2/c1-15-19(16(2)29-23(25-15)20-7-3-4-8-21(20)27-29)11-12-22(30)28-13-5-6-17(14-28)24(31)26-18-9-10-18/h3-4,7-8,17-18H,5-6,9-14H2,1-2H3,(H,26,31). The van der Waals surface area contributed by atoms with Crippen LogP contribution in [0.15, 0.2) is 24.3 Å². The molecule has 1 N–H and O–H groups in total. The summed E-state index contributed by atoms with van der Waals surface area (Å²) in [4.78, 5) is 32.1. The number of carbonyl (C=O) groups is 2. The first-order chi connectivity index (χ1) is 15.0. The molecule has 1 aliphatic heterocycles. The van der Waals surface area contributed by atoms with E-state index in [1.54, 1.807) is 0 Å². The molecule has 31 heavy (non-hydrogen) atoms. The second kappa shape index (κ2) is 7.94. The molecule has 3 heterocycles. The Morgan fingerprint density at radius 3 is 2.77 bits per heavy atom. The zero-order chi connectivity index (χ0) is 21.5. The number of carbonyl (C=O) groups excluding carboxylic acids is 2. The van der Waals surface area contributed by atoms with Gasteiger partial charge in [-0.3, -0.25) is 9.59 Å². The molecule has 0 spiro atoms. The summed E-state index contributed by atoms with van der Waals surface area (Å²) < 4.78 is 1.90. The van der Waals surface area contributed by atoms with Crippen molar-refractivity contribution in [1.82, 2.24) is 24.8 Å². The van der Waals surface area contributed by atoms with E-state index in [1.165, 1.54) is 0 Å². The van der Waals surface area contributed by atoms with Crippen LogP contribution in [0.5, 0.6) is 0 Å². The second-order valence-electron chi connectivity index (χ2n) is 8.98. The van der Waals surface area contributed by atoms with Crippen LogP contribution in [-0.2, 0) is 16.0 Å². The molecule has 162 valence electrons. The summed E-state index contributed by atoms with van der Waals surface area (Å²) in [7, 11) is 0. The molecule has 1 aromatic carbocycles. The third kappa shape index (κ3) is 3.89. The zero-order valence-electron chi connectivity index (χ0n) is 18.2. The summed E-state index contributed by atoms with van der Waals surface area (Å²) in [5.41, 5.74) is 4.85. The lowest BCUT2D eigenvalue weighted by molar-refractivity contribution is -0.135. The van der Waals surface area contributed by atoms with Gasteiger partial charge in [0.1, 0.15) is 0 Å². The number of benzene rings is 1. The number of nitrogens with one attached hydrogen (secondary N) is 1. The fraction of sp³-hybridized carbons (Fsp3) is 0.500. The first kappa shape index (κ1) is 20.0. The van der Waals surface area contributed by atoms with Gasteiger partial charge in [-0.15, -0.1) is 0 Å². The van der Waals surface area contributed by atoms with Gasteiger partial charge < -0.3 is 10.2 Å².